The standard InChI is InChI=1S/C40H52ClFN8O3/c1-23-10-11-25-20-43-50(30-9-7-8-18-53-30)35(25)31(23)32-29(41)19-28-34(33(32)42)45-37(44-26-14-16-47(17-15-26)27-12-13-27)46-36(28)48-21-24(2)49(38(51)52)40(6,22-48)39(3,4)5/h10-11,19-20,24,26-27,30H,7-9,12-18,21-22H2,1-6H3,(H,51,52)(H,44,45,46)/t24-,30?,40-/m1/s1. The summed E-state index contributed by atoms with van der Waals surface area (Å²) in [4.78, 5) is 29.0. The largest absolute Gasteiger partial charge is 0.465 e. The third-order valence-corrected chi connectivity index (χ3v) is 12.8. The first-order valence-electron chi connectivity index (χ1n) is 19.3. The smallest absolute Gasteiger partial charge is 0.408 e. The number of piperidine rings is 1. The second-order valence-electron chi connectivity index (χ2n) is 17.0. The number of benzene rings is 2. The Hall–Kier alpha value is -3.74. The molecular formula is C40H52ClFN8O3. The topological polar surface area (TPSA) is 112 Å². The number of aryl methyl sites for hydroxylation is 1. The van der Waals surface area contributed by atoms with Crippen molar-refractivity contribution in [1.82, 2.24) is 29.5 Å². The van der Waals surface area contributed by atoms with E-state index in [1.165, 1.54) is 12.8 Å². The summed E-state index contributed by atoms with van der Waals surface area (Å²) in [5, 5.41) is 20.4. The van der Waals surface area contributed by atoms with Crippen LogP contribution in [0.4, 0.5) is 21.0 Å². The molecule has 1 aliphatic carbocycles. The summed E-state index contributed by atoms with van der Waals surface area (Å²) < 4.78 is 25.7. The van der Waals surface area contributed by atoms with Gasteiger partial charge in [0.2, 0.25) is 5.95 Å². The van der Waals surface area contributed by atoms with Crippen LogP contribution in [-0.4, -0.2) is 97.2 Å². The van der Waals surface area contributed by atoms with Crippen LogP contribution in [0.5, 0.6) is 0 Å². The summed E-state index contributed by atoms with van der Waals surface area (Å²) in [6, 6.07) is 6.29. The molecular weight excluding hydrogens is 695 g/mol. The van der Waals surface area contributed by atoms with E-state index >= 15 is 4.39 Å². The number of rotatable bonds is 6. The summed E-state index contributed by atoms with van der Waals surface area (Å²) in [5.41, 5.74) is 1.56. The van der Waals surface area contributed by atoms with Crippen molar-refractivity contribution < 1.29 is 19.0 Å². The van der Waals surface area contributed by atoms with Gasteiger partial charge in [-0.3, -0.25) is 4.90 Å². The van der Waals surface area contributed by atoms with E-state index in [1.54, 1.807) is 11.0 Å². The molecule has 5 heterocycles. The quantitative estimate of drug-likeness (QED) is 0.201. The minimum Gasteiger partial charge on any atom is -0.465 e. The van der Waals surface area contributed by atoms with E-state index in [2.05, 4.69) is 35.9 Å². The van der Waals surface area contributed by atoms with Gasteiger partial charge in [-0.25, -0.2) is 18.9 Å². The van der Waals surface area contributed by atoms with E-state index < -0.39 is 22.9 Å². The molecule has 2 aromatic carbocycles. The maximum absolute atomic E-state index is 17.7. The molecule has 0 spiro atoms. The summed E-state index contributed by atoms with van der Waals surface area (Å²) in [6.07, 6.45) is 7.93. The zero-order chi connectivity index (χ0) is 37.4. The number of anilines is 2. The number of carbonyl (C=O) groups is 1. The minimum absolute atomic E-state index is 0.147. The molecule has 2 aromatic heterocycles. The van der Waals surface area contributed by atoms with Crippen molar-refractivity contribution >= 4 is 51.3 Å². The van der Waals surface area contributed by atoms with Crippen molar-refractivity contribution in [2.24, 2.45) is 5.41 Å². The zero-order valence-corrected chi connectivity index (χ0v) is 32.5. The van der Waals surface area contributed by atoms with Crippen molar-refractivity contribution in [2.75, 3.05) is 43.0 Å². The molecule has 284 valence electrons. The number of likely N-dealkylation sites (tertiary alicyclic amines) is 1. The molecule has 1 saturated carbocycles. The Labute approximate surface area is 315 Å². The van der Waals surface area contributed by atoms with Crippen LogP contribution in [0.1, 0.15) is 91.4 Å². The fourth-order valence-electron chi connectivity index (χ4n) is 9.00. The lowest BCUT2D eigenvalue weighted by molar-refractivity contribution is -0.0366. The van der Waals surface area contributed by atoms with E-state index in [4.69, 9.17) is 31.4 Å². The van der Waals surface area contributed by atoms with Gasteiger partial charge in [-0.1, -0.05) is 44.5 Å². The van der Waals surface area contributed by atoms with Crippen LogP contribution >= 0.6 is 11.6 Å². The lowest BCUT2D eigenvalue weighted by atomic mass is 9.71. The molecule has 0 radical (unpaired) electrons. The normalized spacial score (nSPS) is 25.1. The van der Waals surface area contributed by atoms with E-state index in [1.807, 2.05) is 43.8 Å². The van der Waals surface area contributed by atoms with Gasteiger partial charge in [0.1, 0.15) is 11.3 Å². The zero-order valence-electron chi connectivity index (χ0n) is 31.8. The molecule has 1 amide bonds. The second kappa shape index (κ2) is 13.5. The van der Waals surface area contributed by atoms with Crippen molar-refractivity contribution in [2.45, 2.75) is 116 Å². The third kappa shape index (κ3) is 6.38. The van der Waals surface area contributed by atoms with Gasteiger partial charge in [0.05, 0.1) is 28.3 Å². The van der Waals surface area contributed by atoms with E-state index in [-0.39, 0.29) is 34.4 Å². The Bertz CT molecular complexity index is 2050. The fourth-order valence-corrected chi connectivity index (χ4v) is 9.28. The molecule has 11 nitrogen and oxygen atoms in total. The average molecular weight is 747 g/mol. The molecule has 1 unspecified atom stereocenters. The highest BCUT2D eigenvalue weighted by atomic mass is 35.5. The second-order valence-corrected chi connectivity index (χ2v) is 17.4. The molecule has 53 heavy (non-hydrogen) atoms. The lowest BCUT2D eigenvalue weighted by Gasteiger charge is -2.57. The molecule has 3 saturated heterocycles. The van der Waals surface area contributed by atoms with Gasteiger partial charge in [-0.15, -0.1) is 0 Å². The maximum Gasteiger partial charge on any atom is 0.408 e. The summed E-state index contributed by atoms with van der Waals surface area (Å²) in [7, 11) is 0. The molecule has 4 aromatic rings. The van der Waals surface area contributed by atoms with Crippen molar-refractivity contribution in [3.8, 4) is 11.1 Å². The van der Waals surface area contributed by atoms with Crippen molar-refractivity contribution in [1.29, 1.82) is 0 Å². The lowest BCUT2D eigenvalue weighted by Crippen LogP contribution is -2.70. The Morgan fingerprint density at radius 3 is 2.51 bits per heavy atom. The predicted molar refractivity (Wildman–Crippen MR) is 207 cm³/mol. The van der Waals surface area contributed by atoms with Crippen LogP contribution in [0.15, 0.2) is 24.4 Å². The molecule has 3 atom stereocenters. The van der Waals surface area contributed by atoms with Crippen molar-refractivity contribution in [3.63, 3.8) is 0 Å². The van der Waals surface area contributed by atoms with Gasteiger partial charge in [-0.05, 0) is 82.8 Å². The van der Waals surface area contributed by atoms with Gasteiger partial charge in [0.25, 0.3) is 0 Å². The predicted octanol–water partition coefficient (Wildman–Crippen LogP) is 8.48. The molecule has 8 rings (SSSR count). The molecule has 4 fully saturated rings. The van der Waals surface area contributed by atoms with Gasteiger partial charge < -0.3 is 25.0 Å². The number of fused-ring (bicyclic) bond motifs is 2. The van der Waals surface area contributed by atoms with E-state index in [0.717, 1.165) is 61.7 Å². The number of hydrogen-bond acceptors (Lipinski definition) is 8. The van der Waals surface area contributed by atoms with E-state index in [9.17, 15) is 9.90 Å². The van der Waals surface area contributed by atoms with Crippen LogP contribution < -0.4 is 10.2 Å². The van der Waals surface area contributed by atoms with Crippen LogP contribution in [0.3, 0.4) is 0 Å². The monoisotopic (exact) mass is 746 g/mol. The first-order chi connectivity index (χ1) is 25.2. The third-order valence-electron chi connectivity index (χ3n) is 12.5. The van der Waals surface area contributed by atoms with Crippen LogP contribution in [0.2, 0.25) is 5.02 Å². The Morgan fingerprint density at radius 1 is 1.09 bits per heavy atom. The number of hydrogen-bond donors (Lipinski definition) is 2. The number of carboxylic acid groups (broad SMARTS) is 1. The highest BCUT2D eigenvalue weighted by Crippen LogP contribution is 2.46. The number of ether oxygens (including phenoxy) is 1. The van der Waals surface area contributed by atoms with Gasteiger partial charge >= 0.3 is 6.09 Å². The van der Waals surface area contributed by atoms with Gasteiger partial charge in [0, 0.05) is 66.8 Å². The molecule has 0 bridgehead atoms. The van der Waals surface area contributed by atoms with Crippen LogP contribution in [0.25, 0.3) is 32.9 Å². The molecule has 4 aliphatic rings. The Morgan fingerprint density at radius 2 is 1.85 bits per heavy atom. The highest BCUT2D eigenvalue weighted by molar-refractivity contribution is 6.35. The summed E-state index contributed by atoms with van der Waals surface area (Å²) in [5.74, 6) is 0.389. The number of nitrogens with zero attached hydrogens (tertiary/aromatic N) is 7. The number of halogens is 2. The average Bonchev–Trinajstić information content (AvgIpc) is 3.87. The summed E-state index contributed by atoms with van der Waals surface area (Å²) in [6.45, 7) is 15.5. The van der Waals surface area contributed by atoms with E-state index in [0.29, 0.717) is 48.5 Å². The molecule has 3 aliphatic heterocycles. The van der Waals surface area contributed by atoms with Crippen LogP contribution in [-0.2, 0) is 4.74 Å². The number of aromatic nitrogens is 4. The Kier molecular flexibility index (Phi) is 9.25. The van der Waals surface area contributed by atoms with Crippen molar-refractivity contribution in [3.05, 3.63) is 40.8 Å². The SMILES string of the molecule is Cc1ccc2cnn(C3CCCCO3)c2c1-c1c(Cl)cc2c(N3C[C@@H](C)N(C(=O)O)[C@@](C)(C(C)(C)C)C3)nc(NC3CCN(C4CC4)CC3)nc2c1F. The number of nitrogens with one attached hydrogen (secondary N) is 1. The first-order valence-corrected chi connectivity index (χ1v) is 19.7. The van der Waals surface area contributed by atoms with Gasteiger partial charge in [-0.2, -0.15) is 10.1 Å². The first kappa shape index (κ1) is 36.2. The maximum atomic E-state index is 17.7. The molecule has 2 N–H and O–H groups in total. The minimum atomic E-state index is -0.955. The summed E-state index contributed by atoms with van der Waals surface area (Å²) >= 11 is 7.21. The highest BCUT2D eigenvalue weighted by Gasteiger charge is 2.52. The number of piperazine rings is 1. The fraction of sp³-hybridized carbons (Fsp3) is 0.600. The Balaban J connectivity index is 1.28. The van der Waals surface area contributed by atoms with Gasteiger partial charge in [0.15, 0.2) is 12.0 Å². The van der Waals surface area contributed by atoms with Crippen LogP contribution in [0, 0.1) is 18.2 Å². The molecule has 13 heteroatoms. The number of amides is 1.